The first-order chi connectivity index (χ1) is 14.1. The van der Waals surface area contributed by atoms with Crippen molar-refractivity contribution in [2.24, 2.45) is 7.05 Å². The summed E-state index contributed by atoms with van der Waals surface area (Å²) in [5.74, 6) is 0. The van der Waals surface area contributed by atoms with Gasteiger partial charge in [-0.3, -0.25) is 0 Å². The largest absolute Gasteiger partial charge is 0.456 e. The van der Waals surface area contributed by atoms with Crippen molar-refractivity contribution < 1.29 is 4.42 Å². The molecule has 2 heterocycles. The van der Waals surface area contributed by atoms with Crippen molar-refractivity contribution in [3.8, 4) is 11.1 Å². The maximum absolute atomic E-state index is 6.15. The lowest BCUT2D eigenvalue weighted by Gasteiger charge is -2.10. The zero-order valence-corrected chi connectivity index (χ0v) is 16.8. The Bertz CT molecular complexity index is 1580. The van der Waals surface area contributed by atoms with Crippen LogP contribution in [0.5, 0.6) is 0 Å². The maximum atomic E-state index is 6.15. The summed E-state index contributed by atoms with van der Waals surface area (Å²) in [5, 5.41) is 4.87. The van der Waals surface area contributed by atoms with Crippen LogP contribution in [0.2, 0.25) is 0 Å². The van der Waals surface area contributed by atoms with Gasteiger partial charge in [0.05, 0.1) is 0 Å². The number of hydrogen-bond acceptors (Lipinski definition) is 1. The second kappa shape index (κ2) is 5.74. The molecule has 0 fully saturated rings. The van der Waals surface area contributed by atoms with Crippen LogP contribution in [0.25, 0.3) is 54.9 Å². The summed E-state index contributed by atoms with van der Waals surface area (Å²) in [6.45, 7) is 4.39. The lowest BCUT2D eigenvalue weighted by Crippen LogP contribution is -1.90. The average molecular weight is 375 g/mol. The minimum absolute atomic E-state index is 0.945. The highest BCUT2D eigenvalue weighted by molar-refractivity contribution is 6.17. The van der Waals surface area contributed by atoms with E-state index in [1.807, 2.05) is 12.1 Å². The van der Waals surface area contributed by atoms with E-state index in [1.54, 1.807) is 0 Å². The Labute approximate surface area is 169 Å². The third kappa shape index (κ3) is 2.23. The molecule has 29 heavy (non-hydrogen) atoms. The molecule has 2 heteroatoms. The molecule has 2 aromatic heterocycles. The first kappa shape index (κ1) is 16.4. The Kier molecular flexibility index (Phi) is 3.25. The molecule has 0 bridgehead atoms. The summed E-state index contributed by atoms with van der Waals surface area (Å²) in [5.41, 5.74) is 9.59. The molecule has 0 aliphatic heterocycles. The standard InChI is InChI=1S/C27H21NO/c1-16-8-4-5-9-18(16)20-13-24-21(12-17(20)2)22-15-27-23(14-25(22)28(24)3)19-10-6-7-11-26(19)29-27/h4-15H,1-3H3. The lowest BCUT2D eigenvalue weighted by molar-refractivity contribution is 0.669. The van der Waals surface area contributed by atoms with Crippen LogP contribution in [0.3, 0.4) is 0 Å². The van der Waals surface area contributed by atoms with Crippen molar-refractivity contribution in [2.75, 3.05) is 0 Å². The normalized spacial score (nSPS) is 12.0. The molecule has 2 nitrogen and oxygen atoms in total. The van der Waals surface area contributed by atoms with E-state index in [-0.39, 0.29) is 0 Å². The number of hydrogen-bond donors (Lipinski definition) is 0. The topological polar surface area (TPSA) is 18.1 Å². The van der Waals surface area contributed by atoms with E-state index in [0.29, 0.717) is 0 Å². The molecular formula is C27H21NO. The van der Waals surface area contributed by atoms with Crippen molar-refractivity contribution in [1.82, 2.24) is 4.57 Å². The zero-order valence-electron chi connectivity index (χ0n) is 16.8. The van der Waals surface area contributed by atoms with Gasteiger partial charge in [-0.2, -0.15) is 0 Å². The van der Waals surface area contributed by atoms with Gasteiger partial charge >= 0.3 is 0 Å². The molecule has 4 aromatic carbocycles. The van der Waals surface area contributed by atoms with E-state index in [9.17, 15) is 0 Å². The van der Waals surface area contributed by atoms with Crippen LogP contribution in [0.15, 0.2) is 77.2 Å². The van der Waals surface area contributed by atoms with Gasteiger partial charge in [0.15, 0.2) is 0 Å². The van der Waals surface area contributed by atoms with Crippen molar-refractivity contribution in [2.45, 2.75) is 13.8 Å². The summed E-state index contributed by atoms with van der Waals surface area (Å²) in [4.78, 5) is 0. The molecule has 0 amide bonds. The van der Waals surface area contributed by atoms with Crippen molar-refractivity contribution >= 4 is 43.7 Å². The van der Waals surface area contributed by atoms with Crippen molar-refractivity contribution in [3.63, 3.8) is 0 Å². The molecule has 0 unspecified atom stereocenters. The lowest BCUT2D eigenvalue weighted by atomic mass is 9.95. The highest BCUT2D eigenvalue weighted by Gasteiger charge is 2.16. The zero-order chi connectivity index (χ0) is 19.7. The van der Waals surface area contributed by atoms with Crippen LogP contribution in [0.4, 0.5) is 0 Å². The van der Waals surface area contributed by atoms with Crippen LogP contribution in [-0.2, 0) is 7.05 Å². The molecule has 0 saturated carbocycles. The van der Waals surface area contributed by atoms with Gasteiger partial charge in [0.1, 0.15) is 11.2 Å². The number of fused-ring (bicyclic) bond motifs is 6. The second-order valence-corrected chi connectivity index (χ2v) is 8.02. The Morgan fingerprint density at radius 3 is 2.17 bits per heavy atom. The molecule has 0 N–H and O–H groups in total. The summed E-state index contributed by atoms with van der Waals surface area (Å²) in [7, 11) is 2.16. The molecule has 0 spiro atoms. The fourth-order valence-corrected chi connectivity index (χ4v) is 4.74. The van der Waals surface area contributed by atoms with Gasteiger partial charge < -0.3 is 8.98 Å². The van der Waals surface area contributed by atoms with E-state index in [4.69, 9.17) is 4.42 Å². The molecule has 0 saturated heterocycles. The predicted molar refractivity (Wildman–Crippen MR) is 123 cm³/mol. The number of aromatic nitrogens is 1. The molecule has 0 atom stereocenters. The number of furan rings is 1. The molecular weight excluding hydrogens is 354 g/mol. The number of rotatable bonds is 1. The van der Waals surface area contributed by atoms with Crippen molar-refractivity contribution in [3.05, 3.63) is 83.9 Å². The Hall–Kier alpha value is -3.52. The molecule has 0 radical (unpaired) electrons. The van der Waals surface area contributed by atoms with E-state index in [2.05, 4.69) is 86.1 Å². The SMILES string of the molecule is Cc1ccccc1-c1cc2c(cc1C)c1cc3oc4ccccc4c3cc1n2C. The fraction of sp³-hybridized carbons (Fsp3) is 0.111. The molecule has 140 valence electrons. The van der Waals surface area contributed by atoms with Gasteiger partial charge in [-0.1, -0.05) is 42.5 Å². The van der Waals surface area contributed by atoms with Gasteiger partial charge in [0.25, 0.3) is 0 Å². The van der Waals surface area contributed by atoms with Crippen LogP contribution in [0, 0.1) is 13.8 Å². The summed E-state index contributed by atoms with van der Waals surface area (Å²) < 4.78 is 8.46. The number of aryl methyl sites for hydroxylation is 3. The number of para-hydroxylation sites is 1. The predicted octanol–water partition coefficient (Wildman–Crippen LogP) is 7.51. The van der Waals surface area contributed by atoms with E-state index < -0.39 is 0 Å². The monoisotopic (exact) mass is 375 g/mol. The second-order valence-electron chi connectivity index (χ2n) is 8.02. The smallest absolute Gasteiger partial charge is 0.136 e. The summed E-state index contributed by atoms with van der Waals surface area (Å²) in [6, 6.07) is 26.0. The molecule has 6 rings (SSSR count). The first-order valence-electron chi connectivity index (χ1n) is 10.0. The average Bonchev–Trinajstić information content (AvgIpc) is 3.22. The van der Waals surface area contributed by atoms with Crippen LogP contribution < -0.4 is 0 Å². The molecule has 0 aliphatic rings. The minimum Gasteiger partial charge on any atom is -0.456 e. The Morgan fingerprint density at radius 1 is 0.586 bits per heavy atom. The quantitative estimate of drug-likeness (QED) is 0.291. The van der Waals surface area contributed by atoms with Gasteiger partial charge in [-0.05, 0) is 66.4 Å². The van der Waals surface area contributed by atoms with E-state index in [1.165, 1.54) is 54.8 Å². The third-order valence-corrected chi connectivity index (χ3v) is 6.29. The van der Waals surface area contributed by atoms with E-state index in [0.717, 1.165) is 11.2 Å². The van der Waals surface area contributed by atoms with Gasteiger partial charge in [-0.25, -0.2) is 0 Å². The van der Waals surface area contributed by atoms with Gasteiger partial charge in [0, 0.05) is 39.6 Å². The van der Waals surface area contributed by atoms with Crippen molar-refractivity contribution in [1.29, 1.82) is 0 Å². The van der Waals surface area contributed by atoms with Gasteiger partial charge in [-0.15, -0.1) is 0 Å². The Morgan fingerprint density at radius 2 is 1.31 bits per heavy atom. The summed E-state index contributed by atoms with van der Waals surface area (Å²) >= 11 is 0. The molecule has 6 aromatic rings. The highest BCUT2D eigenvalue weighted by Crippen LogP contribution is 2.38. The maximum Gasteiger partial charge on any atom is 0.136 e. The first-order valence-corrected chi connectivity index (χ1v) is 10.0. The van der Waals surface area contributed by atoms with E-state index >= 15 is 0 Å². The number of nitrogens with zero attached hydrogens (tertiary/aromatic N) is 1. The fourth-order valence-electron chi connectivity index (χ4n) is 4.74. The third-order valence-electron chi connectivity index (χ3n) is 6.29. The van der Waals surface area contributed by atoms with Crippen LogP contribution >= 0.6 is 0 Å². The highest BCUT2D eigenvalue weighted by atomic mass is 16.3. The number of benzene rings is 4. The van der Waals surface area contributed by atoms with Gasteiger partial charge in [0.2, 0.25) is 0 Å². The van der Waals surface area contributed by atoms with Crippen LogP contribution in [-0.4, -0.2) is 4.57 Å². The van der Waals surface area contributed by atoms with Crippen LogP contribution in [0.1, 0.15) is 11.1 Å². The molecule has 0 aliphatic carbocycles. The summed E-state index contributed by atoms with van der Waals surface area (Å²) in [6.07, 6.45) is 0. The Balaban J connectivity index is 1.72. The minimum atomic E-state index is 0.945.